The first-order chi connectivity index (χ1) is 14.0. The zero-order valence-electron chi connectivity index (χ0n) is 15.8. The van der Waals surface area contributed by atoms with Gasteiger partial charge in [0.2, 0.25) is 5.91 Å². The number of carbonyl (C=O) groups excluding carboxylic acids is 2. The molecule has 0 saturated heterocycles. The lowest BCUT2D eigenvalue weighted by Gasteiger charge is -2.16. The molecular weight excluding hydrogens is 408 g/mol. The summed E-state index contributed by atoms with van der Waals surface area (Å²) in [5.41, 5.74) is 3.11. The summed E-state index contributed by atoms with van der Waals surface area (Å²) in [4.78, 5) is 25.5. The zero-order valence-corrected chi connectivity index (χ0v) is 17.5. The largest absolute Gasteiger partial charge is 0.354 e. The highest BCUT2D eigenvalue weighted by molar-refractivity contribution is 7.84. The summed E-state index contributed by atoms with van der Waals surface area (Å²) in [6.45, 7) is 0.550. The van der Waals surface area contributed by atoms with E-state index in [4.69, 9.17) is 0 Å². The molecule has 1 unspecified atom stereocenters. The van der Waals surface area contributed by atoms with E-state index < -0.39 is 10.8 Å². The second-order valence-electron chi connectivity index (χ2n) is 6.69. The second kappa shape index (κ2) is 8.30. The monoisotopic (exact) mass is 428 g/mol. The average molecular weight is 429 g/mol. The smallest absolute Gasteiger partial charge is 0.291 e. The predicted octanol–water partition coefficient (Wildman–Crippen LogP) is 2.06. The van der Waals surface area contributed by atoms with Crippen molar-refractivity contribution in [3.8, 4) is 0 Å². The van der Waals surface area contributed by atoms with Gasteiger partial charge >= 0.3 is 0 Å². The Balaban J connectivity index is 1.67. The number of hydrazone groups is 1. The van der Waals surface area contributed by atoms with Gasteiger partial charge in [-0.3, -0.25) is 13.8 Å². The molecule has 29 heavy (non-hydrogen) atoms. The SMILES string of the molecule is CS(=O)CCNC(=O)CN1N=C(c2ccccc2)Cn2c(cc3sccc32)C1=O. The number of nitrogens with zero attached hydrogens (tertiary/aromatic N) is 3. The number of fused-ring (bicyclic) bond motifs is 3. The van der Waals surface area contributed by atoms with E-state index in [2.05, 4.69) is 10.4 Å². The highest BCUT2D eigenvalue weighted by Gasteiger charge is 2.28. The summed E-state index contributed by atoms with van der Waals surface area (Å²) in [5, 5.41) is 10.5. The van der Waals surface area contributed by atoms with Crippen LogP contribution in [-0.2, 0) is 22.1 Å². The molecule has 2 aromatic heterocycles. The Morgan fingerprint density at radius 3 is 2.83 bits per heavy atom. The van der Waals surface area contributed by atoms with Gasteiger partial charge in [-0.15, -0.1) is 11.3 Å². The third-order valence-electron chi connectivity index (χ3n) is 4.64. The van der Waals surface area contributed by atoms with Crippen LogP contribution in [0.4, 0.5) is 0 Å². The molecule has 1 aliphatic heterocycles. The Morgan fingerprint density at radius 2 is 2.07 bits per heavy atom. The number of aromatic nitrogens is 1. The number of thiophene rings is 1. The summed E-state index contributed by atoms with van der Waals surface area (Å²) in [6.07, 6.45) is 1.58. The highest BCUT2D eigenvalue weighted by atomic mass is 32.2. The van der Waals surface area contributed by atoms with Gasteiger partial charge in [-0.05, 0) is 23.1 Å². The summed E-state index contributed by atoms with van der Waals surface area (Å²) in [5.74, 6) is -0.271. The summed E-state index contributed by atoms with van der Waals surface area (Å²) in [6, 6.07) is 13.5. The van der Waals surface area contributed by atoms with Crippen LogP contribution in [0.25, 0.3) is 10.2 Å². The molecule has 4 rings (SSSR count). The lowest BCUT2D eigenvalue weighted by atomic mass is 10.1. The maximum absolute atomic E-state index is 13.2. The van der Waals surface area contributed by atoms with Crippen molar-refractivity contribution in [3.05, 3.63) is 59.1 Å². The Labute approximate surface area is 174 Å². The molecule has 1 aliphatic rings. The lowest BCUT2D eigenvalue weighted by Crippen LogP contribution is -2.39. The normalized spacial score (nSPS) is 15.0. The van der Waals surface area contributed by atoms with Crippen LogP contribution >= 0.6 is 11.3 Å². The van der Waals surface area contributed by atoms with E-state index in [1.807, 2.05) is 52.4 Å². The van der Waals surface area contributed by atoms with Crippen molar-refractivity contribution in [2.45, 2.75) is 6.54 Å². The minimum atomic E-state index is -0.988. The van der Waals surface area contributed by atoms with Crippen molar-refractivity contribution in [1.82, 2.24) is 14.9 Å². The fourth-order valence-electron chi connectivity index (χ4n) is 3.24. The van der Waals surface area contributed by atoms with E-state index >= 15 is 0 Å². The van der Waals surface area contributed by atoms with E-state index in [0.29, 0.717) is 30.2 Å². The second-order valence-corrected chi connectivity index (χ2v) is 9.19. The quantitative estimate of drug-likeness (QED) is 0.652. The van der Waals surface area contributed by atoms with Crippen molar-refractivity contribution >= 4 is 49.9 Å². The van der Waals surface area contributed by atoms with Crippen LogP contribution < -0.4 is 5.32 Å². The fourth-order valence-corrected chi connectivity index (χ4v) is 4.45. The van der Waals surface area contributed by atoms with Crippen LogP contribution in [-0.4, -0.2) is 56.4 Å². The summed E-state index contributed by atoms with van der Waals surface area (Å²) in [7, 11) is -0.988. The molecular formula is C20H20N4O3S2. The van der Waals surface area contributed by atoms with Gasteiger partial charge in [0, 0.05) is 29.4 Å². The maximum atomic E-state index is 13.2. The number of hydrogen-bond donors (Lipinski definition) is 1. The number of benzene rings is 1. The molecule has 0 spiro atoms. The van der Waals surface area contributed by atoms with E-state index in [-0.39, 0.29) is 18.4 Å². The van der Waals surface area contributed by atoms with Gasteiger partial charge in [-0.1, -0.05) is 30.3 Å². The van der Waals surface area contributed by atoms with E-state index in [1.165, 1.54) is 5.01 Å². The molecule has 0 bridgehead atoms. The predicted molar refractivity (Wildman–Crippen MR) is 116 cm³/mol. The first-order valence-electron chi connectivity index (χ1n) is 9.11. The Hall–Kier alpha value is -2.78. The highest BCUT2D eigenvalue weighted by Crippen LogP contribution is 2.28. The molecule has 7 nitrogen and oxygen atoms in total. The average Bonchev–Trinajstić information content (AvgIpc) is 3.25. The third kappa shape index (κ3) is 4.15. The molecule has 3 heterocycles. The van der Waals surface area contributed by atoms with E-state index in [0.717, 1.165) is 15.8 Å². The van der Waals surface area contributed by atoms with Gasteiger partial charge in [0.15, 0.2) is 0 Å². The van der Waals surface area contributed by atoms with Gasteiger partial charge in [0.05, 0.1) is 22.5 Å². The van der Waals surface area contributed by atoms with Crippen LogP contribution in [0.1, 0.15) is 16.1 Å². The number of rotatable bonds is 6. The molecule has 0 saturated carbocycles. The molecule has 1 N–H and O–H groups in total. The summed E-state index contributed by atoms with van der Waals surface area (Å²) < 4.78 is 14.2. The standard InChI is InChI=1S/C20H20N4O3S2/c1-29(27)10-8-21-19(25)13-24-20(26)17-11-18-16(7-9-28-18)23(17)12-15(22-24)14-5-3-2-4-6-14/h2-7,9,11H,8,10,12-13H2,1H3,(H,21,25). The fraction of sp³-hybridized carbons (Fsp3) is 0.250. The maximum Gasteiger partial charge on any atom is 0.291 e. The molecule has 9 heteroatoms. The van der Waals surface area contributed by atoms with E-state index in [9.17, 15) is 13.8 Å². The lowest BCUT2D eigenvalue weighted by molar-refractivity contribution is -0.121. The summed E-state index contributed by atoms with van der Waals surface area (Å²) >= 11 is 1.58. The third-order valence-corrected chi connectivity index (χ3v) is 6.27. The Bertz CT molecular complexity index is 1120. The van der Waals surface area contributed by atoms with Gasteiger partial charge < -0.3 is 9.88 Å². The van der Waals surface area contributed by atoms with Gasteiger partial charge in [0.1, 0.15) is 12.2 Å². The van der Waals surface area contributed by atoms with Crippen molar-refractivity contribution in [2.24, 2.45) is 5.10 Å². The van der Waals surface area contributed by atoms with Crippen molar-refractivity contribution in [2.75, 3.05) is 25.1 Å². The van der Waals surface area contributed by atoms with Crippen molar-refractivity contribution in [3.63, 3.8) is 0 Å². The number of hydrogen-bond acceptors (Lipinski definition) is 5. The van der Waals surface area contributed by atoms with Crippen molar-refractivity contribution < 1.29 is 13.8 Å². The van der Waals surface area contributed by atoms with Crippen LogP contribution in [0.3, 0.4) is 0 Å². The first kappa shape index (κ1) is 19.5. The number of carbonyl (C=O) groups is 2. The minimum absolute atomic E-state index is 0.190. The van der Waals surface area contributed by atoms with Crippen LogP contribution in [0.15, 0.2) is 52.9 Å². The minimum Gasteiger partial charge on any atom is -0.354 e. The van der Waals surface area contributed by atoms with Crippen LogP contribution in [0.5, 0.6) is 0 Å². The molecule has 0 fully saturated rings. The van der Waals surface area contributed by atoms with Crippen LogP contribution in [0.2, 0.25) is 0 Å². The molecule has 2 amide bonds. The Morgan fingerprint density at radius 1 is 1.28 bits per heavy atom. The van der Waals surface area contributed by atoms with Crippen molar-refractivity contribution in [1.29, 1.82) is 0 Å². The molecule has 3 aromatic rings. The first-order valence-corrected chi connectivity index (χ1v) is 11.7. The number of nitrogens with one attached hydrogen (secondary N) is 1. The van der Waals surface area contributed by atoms with Gasteiger partial charge in [-0.2, -0.15) is 5.10 Å². The zero-order chi connectivity index (χ0) is 20.4. The molecule has 0 radical (unpaired) electrons. The molecule has 150 valence electrons. The number of amides is 2. The van der Waals surface area contributed by atoms with Crippen LogP contribution in [0, 0.1) is 0 Å². The van der Waals surface area contributed by atoms with Gasteiger partial charge in [-0.25, -0.2) is 5.01 Å². The molecule has 0 aliphatic carbocycles. The molecule has 1 atom stereocenters. The topological polar surface area (TPSA) is 83.8 Å². The molecule has 1 aromatic carbocycles. The van der Waals surface area contributed by atoms with Gasteiger partial charge in [0.25, 0.3) is 5.91 Å². The Kier molecular flexibility index (Phi) is 5.59. The van der Waals surface area contributed by atoms with E-state index in [1.54, 1.807) is 17.6 Å².